The maximum atomic E-state index is 5.56. The van der Waals surface area contributed by atoms with Crippen molar-refractivity contribution in [3.05, 3.63) is 41.7 Å². The van der Waals surface area contributed by atoms with Crippen LogP contribution in [0.3, 0.4) is 0 Å². The van der Waals surface area contributed by atoms with Gasteiger partial charge in [0.15, 0.2) is 0 Å². The van der Waals surface area contributed by atoms with Crippen molar-refractivity contribution in [2.24, 2.45) is 5.84 Å². The summed E-state index contributed by atoms with van der Waals surface area (Å²) in [6.45, 7) is 2.67. The van der Waals surface area contributed by atoms with Crippen LogP contribution in [0.15, 0.2) is 30.3 Å². The largest absolute Gasteiger partial charge is 0.385 e. The molecule has 0 bridgehead atoms. The van der Waals surface area contributed by atoms with Gasteiger partial charge in [0, 0.05) is 31.3 Å². The molecule has 5 heteroatoms. The van der Waals surface area contributed by atoms with E-state index in [0.717, 1.165) is 35.5 Å². The van der Waals surface area contributed by atoms with Crippen LogP contribution in [-0.2, 0) is 11.2 Å². The maximum Gasteiger partial charge on any atom is 0.147 e. The third-order valence-electron chi connectivity index (χ3n) is 3.12. The lowest BCUT2D eigenvalue weighted by atomic mass is 10.1. The number of aryl methyl sites for hydroxylation is 1. The van der Waals surface area contributed by atoms with E-state index in [4.69, 9.17) is 10.6 Å². The lowest BCUT2D eigenvalue weighted by Crippen LogP contribution is -2.13. The first-order valence-electron chi connectivity index (χ1n) is 6.64. The molecule has 0 fully saturated rings. The number of hydrogen-bond donors (Lipinski definition) is 2. The monoisotopic (exact) mass is 272 g/mol. The number of nitrogens with two attached hydrogens (primary N) is 1. The average molecular weight is 272 g/mol. The number of hydrogen-bond acceptors (Lipinski definition) is 5. The zero-order valence-electron chi connectivity index (χ0n) is 11.9. The molecule has 0 radical (unpaired) electrons. The highest BCUT2D eigenvalue weighted by Gasteiger charge is 2.11. The van der Waals surface area contributed by atoms with Gasteiger partial charge >= 0.3 is 0 Å². The number of nitrogens with one attached hydrogen (secondary N) is 1. The molecule has 0 spiro atoms. The first-order valence-corrected chi connectivity index (χ1v) is 6.64. The zero-order chi connectivity index (χ0) is 14.4. The molecule has 0 atom stereocenters. The molecule has 3 N–H and O–H groups in total. The number of methoxy groups -OCH3 is 1. The molecular formula is C15H20N4O. The minimum Gasteiger partial charge on any atom is -0.385 e. The molecule has 0 saturated carbocycles. The van der Waals surface area contributed by atoms with E-state index in [1.165, 1.54) is 0 Å². The highest BCUT2D eigenvalue weighted by molar-refractivity contribution is 5.67. The Morgan fingerprint density at radius 3 is 2.60 bits per heavy atom. The number of rotatable bonds is 6. The molecule has 1 heterocycles. The van der Waals surface area contributed by atoms with E-state index in [0.29, 0.717) is 12.4 Å². The van der Waals surface area contributed by atoms with Gasteiger partial charge in [0.25, 0.3) is 0 Å². The van der Waals surface area contributed by atoms with Crippen LogP contribution in [0.2, 0.25) is 0 Å². The molecule has 1 aromatic carbocycles. The first kappa shape index (κ1) is 14.4. The molecule has 2 aromatic rings. The van der Waals surface area contributed by atoms with Crippen molar-refractivity contribution in [2.45, 2.75) is 19.8 Å². The zero-order valence-corrected chi connectivity index (χ0v) is 11.9. The second kappa shape index (κ2) is 6.98. The summed E-state index contributed by atoms with van der Waals surface area (Å²) in [5.41, 5.74) is 5.59. The van der Waals surface area contributed by atoms with Gasteiger partial charge in [-0.3, -0.25) is 0 Å². The van der Waals surface area contributed by atoms with E-state index >= 15 is 0 Å². The number of ether oxygens (including phenoxy) is 1. The summed E-state index contributed by atoms with van der Waals surface area (Å²) < 4.78 is 5.06. The quantitative estimate of drug-likeness (QED) is 0.479. The van der Waals surface area contributed by atoms with Gasteiger partial charge in [0.1, 0.15) is 11.6 Å². The summed E-state index contributed by atoms with van der Waals surface area (Å²) in [6, 6.07) is 10.1. The van der Waals surface area contributed by atoms with Crippen molar-refractivity contribution in [1.82, 2.24) is 9.97 Å². The van der Waals surface area contributed by atoms with Crippen LogP contribution in [-0.4, -0.2) is 23.7 Å². The molecule has 1 aromatic heterocycles. The molecule has 2 rings (SSSR count). The van der Waals surface area contributed by atoms with Gasteiger partial charge in [-0.2, -0.15) is 0 Å². The van der Waals surface area contributed by atoms with E-state index in [1.807, 2.05) is 37.3 Å². The van der Waals surface area contributed by atoms with E-state index in [1.54, 1.807) is 7.11 Å². The third-order valence-corrected chi connectivity index (χ3v) is 3.12. The predicted molar refractivity (Wildman–Crippen MR) is 80.2 cm³/mol. The Labute approximate surface area is 119 Å². The fourth-order valence-electron chi connectivity index (χ4n) is 2.07. The Bertz CT molecular complexity index is 557. The molecule has 0 aliphatic heterocycles. The molecule has 5 nitrogen and oxygen atoms in total. The van der Waals surface area contributed by atoms with Crippen molar-refractivity contribution in [3.8, 4) is 11.3 Å². The standard InChI is InChI=1S/C15H20N4O/c1-11-14(12-7-4-3-5-8-12)17-13(9-6-10-20-2)18-15(11)19-16/h3-5,7-8H,6,9-10,16H2,1-2H3,(H,17,18,19). The molecule has 0 saturated heterocycles. The highest BCUT2D eigenvalue weighted by atomic mass is 16.5. The van der Waals surface area contributed by atoms with Crippen LogP contribution in [0.4, 0.5) is 5.82 Å². The lowest BCUT2D eigenvalue weighted by molar-refractivity contribution is 0.194. The van der Waals surface area contributed by atoms with E-state index < -0.39 is 0 Å². The topological polar surface area (TPSA) is 73.1 Å². The first-order chi connectivity index (χ1) is 9.76. The summed E-state index contributed by atoms with van der Waals surface area (Å²) >= 11 is 0. The van der Waals surface area contributed by atoms with Crippen LogP contribution >= 0.6 is 0 Å². The van der Waals surface area contributed by atoms with E-state index in [2.05, 4.69) is 15.4 Å². The number of nitrogens with zero attached hydrogens (tertiary/aromatic N) is 2. The fourth-order valence-corrected chi connectivity index (χ4v) is 2.07. The van der Waals surface area contributed by atoms with Crippen LogP contribution in [0.5, 0.6) is 0 Å². The second-order valence-corrected chi connectivity index (χ2v) is 4.57. The maximum absolute atomic E-state index is 5.56. The van der Waals surface area contributed by atoms with Crippen molar-refractivity contribution in [2.75, 3.05) is 19.1 Å². The van der Waals surface area contributed by atoms with Crippen molar-refractivity contribution in [1.29, 1.82) is 0 Å². The molecule has 20 heavy (non-hydrogen) atoms. The summed E-state index contributed by atoms with van der Waals surface area (Å²) in [5, 5.41) is 0. The Morgan fingerprint density at radius 2 is 1.95 bits per heavy atom. The second-order valence-electron chi connectivity index (χ2n) is 4.57. The van der Waals surface area contributed by atoms with Gasteiger partial charge in [0.05, 0.1) is 5.69 Å². The minimum atomic E-state index is 0.672. The SMILES string of the molecule is COCCCc1nc(NN)c(C)c(-c2ccccc2)n1. The number of benzene rings is 1. The van der Waals surface area contributed by atoms with Crippen molar-refractivity contribution < 1.29 is 4.74 Å². The van der Waals surface area contributed by atoms with Crippen LogP contribution < -0.4 is 11.3 Å². The van der Waals surface area contributed by atoms with Crippen molar-refractivity contribution >= 4 is 5.82 Å². The predicted octanol–water partition coefficient (Wildman–Crippen LogP) is 2.32. The van der Waals surface area contributed by atoms with Gasteiger partial charge < -0.3 is 10.2 Å². The summed E-state index contributed by atoms with van der Waals surface area (Å²) in [5.74, 6) is 7.01. The van der Waals surface area contributed by atoms with Crippen LogP contribution in [0.1, 0.15) is 17.8 Å². The lowest BCUT2D eigenvalue weighted by Gasteiger charge is -2.12. The molecule has 0 unspecified atom stereocenters. The van der Waals surface area contributed by atoms with Gasteiger partial charge in [-0.1, -0.05) is 30.3 Å². The highest BCUT2D eigenvalue weighted by Crippen LogP contribution is 2.25. The van der Waals surface area contributed by atoms with Crippen LogP contribution in [0, 0.1) is 6.92 Å². The fraction of sp³-hybridized carbons (Fsp3) is 0.333. The van der Waals surface area contributed by atoms with Gasteiger partial charge in [-0.15, -0.1) is 0 Å². The van der Waals surface area contributed by atoms with E-state index in [-0.39, 0.29) is 0 Å². The van der Waals surface area contributed by atoms with Gasteiger partial charge in [-0.05, 0) is 13.3 Å². The Kier molecular flexibility index (Phi) is 5.03. The molecule has 0 aliphatic rings. The van der Waals surface area contributed by atoms with Crippen LogP contribution in [0.25, 0.3) is 11.3 Å². The Morgan fingerprint density at radius 1 is 1.20 bits per heavy atom. The molecular weight excluding hydrogens is 252 g/mol. The average Bonchev–Trinajstić information content (AvgIpc) is 2.49. The normalized spacial score (nSPS) is 10.6. The van der Waals surface area contributed by atoms with Gasteiger partial charge in [0.2, 0.25) is 0 Å². The Balaban J connectivity index is 2.37. The number of anilines is 1. The molecule has 0 aliphatic carbocycles. The minimum absolute atomic E-state index is 0.672. The third kappa shape index (κ3) is 3.31. The van der Waals surface area contributed by atoms with Crippen molar-refractivity contribution in [3.63, 3.8) is 0 Å². The molecule has 106 valence electrons. The van der Waals surface area contributed by atoms with E-state index in [9.17, 15) is 0 Å². The smallest absolute Gasteiger partial charge is 0.147 e. The number of hydrazine groups is 1. The number of aromatic nitrogens is 2. The molecule has 0 amide bonds. The van der Waals surface area contributed by atoms with Gasteiger partial charge in [-0.25, -0.2) is 15.8 Å². The number of nitrogen functional groups attached to an aromatic ring is 1. The summed E-state index contributed by atoms with van der Waals surface area (Å²) in [4.78, 5) is 9.11. The Hall–Kier alpha value is -1.98. The summed E-state index contributed by atoms with van der Waals surface area (Å²) in [7, 11) is 1.69. The summed E-state index contributed by atoms with van der Waals surface area (Å²) in [6.07, 6.45) is 1.65.